The maximum atomic E-state index is 13.8. The summed E-state index contributed by atoms with van der Waals surface area (Å²) in [6.07, 6.45) is 6.24. The zero-order chi connectivity index (χ0) is 21.6. The number of aromatic nitrogens is 2. The minimum Gasteiger partial charge on any atom is -0.348 e. The van der Waals surface area contributed by atoms with Crippen molar-refractivity contribution in [1.29, 1.82) is 0 Å². The van der Waals surface area contributed by atoms with Crippen molar-refractivity contribution in [2.45, 2.75) is 55.4 Å². The first-order valence-electron chi connectivity index (χ1n) is 10.4. The number of rotatable bonds is 5. The van der Waals surface area contributed by atoms with Gasteiger partial charge in [0.05, 0.1) is 10.5 Å². The van der Waals surface area contributed by atoms with Gasteiger partial charge in [-0.3, -0.25) is 4.79 Å². The van der Waals surface area contributed by atoms with Gasteiger partial charge in [-0.2, -0.15) is 4.31 Å². The molecule has 3 aromatic rings. The highest BCUT2D eigenvalue weighted by Gasteiger charge is 2.47. The third-order valence-electron chi connectivity index (χ3n) is 6.21. The molecule has 1 aromatic carbocycles. The second-order valence-electron chi connectivity index (χ2n) is 8.23. The summed E-state index contributed by atoms with van der Waals surface area (Å²) >= 11 is 0. The minimum atomic E-state index is -3.66. The van der Waals surface area contributed by atoms with Gasteiger partial charge in [0.25, 0.3) is 5.91 Å². The summed E-state index contributed by atoms with van der Waals surface area (Å²) in [5.74, 6) is -0.224. The predicted molar refractivity (Wildman–Crippen MR) is 113 cm³/mol. The molecule has 0 saturated carbocycles. The highest BCUT2D eigenvalue weighted by Crippen LogP contribution is 2.40. The number of alkyl halides is 1. The molecule has 0 aliphatic carbocycles. The monoisotopic (exact) mass is 442 g/mol. The molecule has 9 heteroatoms. The van der Waals surface area contributed by atoms with Crippen molar-refractivity contribution in [3.63, 3.8) is 0 Å². The largest absolute Gasteiger partial charge is 0.348 e. The summed E-state index contributed by atoms with van der Waals surface area (Å²) in [5.41, 5.74) is 2.07. The number of carbonyl (C=O) groups excluding carboxylic acids is 1. The van der Waals surface area contributed by atoms with Gasteiger partial charge < -0.3 is 9.72 Å². The Morgan fingerprint density at radius 2 is 1.81 bits per heavy atom. The Labute approximate surface area is 179 Å². The Morgan fingerprint density at radius 3 is 2.52 bits per heavy atom. The molecule has 5 rings (SSSR count). The van der Waals surface area contributed by atoms with Crippen LogP contribution in [0.1, 0.15) is 41.6 Å². The molecule has 0 spiro atoms. The molecule has 2 aliphatic rings. The van der Waals surface area contributed by atoms with E-state index in [4.69, 9.17) is 0 Å². The lowest BCUT2D eigenvalue weighted by Crippen LogP contribution is -2.46. The summed E-state index contributed by atoms with van der Waals surface area (Å²) in [4.78, 5) is 16.8. The van der Waals surface area contributed by atoms with Crippen LogP contribution >= 0.6 is 0 Å². The van der Waals surface area contributed by atoms with Gasteiger partial charge in [-0.15, -0.1) is 0 Å². The average molecular weight is 443 g/mol. The predicted octanol–water partition coefficient (Wildman–Crippen LogP) is 2.92. The van der Waals surface area contributed by atoms with Gasteiger partial charge in [-0.25, -0.2) is 17.8 Å². The highest BCUT2D eigenvalue weighted by molar-refractivity contribution is 7.89. The summed E-state index contributed by atoms with van der Waals surface area (Å²) in [5, 5.41) is 2.85. The lowest BCUT2D eigenvalue weighted by molar-refractivity contribution is 0.0950. The van der Waals surface area contributed by atoms with E-state index in [1.807, 2.05) is 0 Å². The van der Waals surface area contributed by atoms with E-state index in [2.05, 4.69) is 10.3 Å². The Hall–Kier alpha value is -2.78. The zero-order valence-electron chi connectivity index (χ0n) is 16.8. The van der Waals surface area contributed by atoms with Gasteiger partial charge in [0.15, 0.2) is 0 Å². The molecule has 2 aromatic heterocycles. The van der Waals surface area contributed by atoms with Gasteiger partial charge >= 0.3 is 0 Å². The van der Waals surface area contributed by atoms with E-state index in [1.54, 1.807) is 59.4 Å². The highest BCUT2D eigenvalue weighted by atomic mass is 32.2. The molecule has 2 atom stereocenters. The van der Waals surface area contributed by atoms with E-state index >= 15 is 0 Å². The first-order chi connectivity index (χ1) is 14.9. The number of halogens is 1. The van der Waals surface area contributed by atoms with Crippen LogP contribution in [0.3, 0.4) is 0 Å². The molecule has 31 heavy (non-hydrogen) atoms. The molecule has 1 N–H and O–H groups in total. The lowest BCUT2D eigenvalue weighted by atomic mass is 10.0. The van der Waals surface area contributed by atoms with E-state index in [1.165, 1.54) is 4.31 Å². The summed E-state index contributed by atoms with van der Waals surface area (Å²) in [6.45, 7) is 0.277. The number of fused-ring (bicyclic) bond motifs is 3. The van der Waals surface area contributed by atoms with Crippen molar-refractivity contribution in [2.75, 3.05) is 0 Å². The summed E-state index contributed by atoms with van der Waals surface area (Å²) in [6, 6.07) is 9.53. The molecule has 0 radical (unpaired) electrons. The number of benzene rings is 1. The fourth-order valence-corrected chi connectivity index (χ4v) is 6.59. The zero-order valence-corrected chi connectivity index (χ0v) is 17.6. The summed E-state index contributed by atoms with van der Waals surface area (Å²) < 4.78 is 43.4. The van der Waals surface area contributed by atoms with Gasteiger partial charge in [0, 0.05) is 37.2 Å². The van der Waals surface area contributed by atoms with Crippen LogP contribution < -0.4 is 5.32 Å². The number of nitrogens with zero attached hydrogens (tertiary/aromatic N) is 3. The molecular formula is C22H23FN4O3S. The van der Waals surface area contributed by atoms with Gasteiger partial charge in [0.1, 0.15) is 11.8 Å². The standard InChI is InChI=1S/C22H23FN4O3S/c23-17-11-18-4-5-19(12-17)27(18)31(29,30)20-6-1-15(2-7-20)13-25-22(28)16-3-8-21-24-9-10-26(21)14-16/h1-3,6-10,14,17-19H,4-5,11-13H2,(H,25,28). The van der Waals surface area contributed by atoms with Crippen LogP contribution in [0, 0.1) is 0 Å². The molecule has 2 aliphatic heterocycles. The van der Waals surface area contributed by atoms with E-state index < -0.39 is 16.2 Å². The van der Waals surface area contributed by atoms with Crippen LogP contribution in [0.15, 0.2) is 59.9 Å². The number of hydrogen-bond acceptors (Lipinski definition) is 4. The number of imidazole rings is 1. The van der Waals surface area contributed by atoms with E-state index in [0.29, 0.717) is 5.56 Å². The third-order valence-corrected chi connectivity index (χ3v) is 8.23. The Bertz CT molecular complexity index is 1210. The summed E-state index contributed by atoms with van der Waals surface area (Å²) in [7, 11) is -3.66. The maximum Gasteiger partial charge on any atom is 0.253 e. The van der Waals surface area contributed by atoms with Crippen LogP contribution in [-0.4, -0.2) is 46.3 Å². The van der Waals surface area contributed by atoms with Crippen LogP contribution in [0.4, 0.5) is 4.39 Å². The lowest BCUT2D eigenvalue weighted by Gasteiger charge is -2.35. The first kappa shape index (κ1) is 20.1. The Balaban J connectivity index is 1.26. The van der Waals surface area contributed by atoms with Crippen LogP contribution in [0.5, 0.6) is 0 Å². The van der Waals surface area contributed by atoms with Crippen molar-refractivity contribution in [3.05, 3.63) is 66.1 Å². The van der Waals surface area contributed by atoms with Crippen molar-refractivity contribution < 1.29 is 17.6 Å². The normalized spacial score (nSPS) is 23.8. The molecule has 1 amide bonds. The second kappa shape index (κ2) is 7.72. The van der Waals surface area contributed by atoms with E-state index in [9.17, 15) is 17.6 Å². The number of amides is 1. The number of hydrogen-bond donors (Lipinski definition) is 1. The number of nitrogens with one attached hydrogen (secondary N) is 1. The van der Waals surface area contributed by atoms with Crippen molar-refractivity contribution >= 4 is 21.6 Å². The third kappa shape index (κ3) is 3.72. The number of piperidine rings is 1. The van der Waals surface area contributed by atoms with E-state index in [0.717, 1.165) is 24.1 Å². The van der Waals surface area contributed by atoms with E-state index in [-0.39, 0.29) is 42.3 Å². The SMILES string of the molecule is O=C(NCc1ccc(S(=O)(=O)N2C3CCC2CC(F)C3)cc1)c1ccc2nccn2c1. The van der Waals surface area contributed by atoms with Crippen LogP contribution in [-0.2, 0) is 16.6 Å². The molecule has 162 valence electrons. The van der Waals surface area contributed by atoms with Crippen molar-refractivity contribution in [1.82, 2.24) is 19.0 Å². The molecule has 4 heterocycles. The molecule has 2 saturated heterocycles. The molecule has 2 fully saturated rings. The van der Waals surface area contributed by atoms with Crippen LogP contribution in [0.2, 0.25) is 0 Å². The maximum absolute atomic E-state index is 13.8. The Kier molecular flexibility index (Phi) is 5.02. The van der Waals surface area contributed by atoms with Crippen molar-refractivity contribution in [3.8, 4) is 0 Å². The minimum absolute atomic E-state index is 0.211. The molecule has 2 unspecified atom stereocenters. The quantitative estimate of drug-likeness (QED) is 0.659. The number of sulfonamides is 1. The van der Waals surface area contributed by atoms with Gasteiger partial charge in [-0.1, -0.05) is 12.1 Å². The van der Waals surface area contributed by atoms with Gasteiger partial charge in [-0.05, 0) is 55.5 Å². The fourth-order valence-electron chi connectivity index (χ4n) is 4.70. The first-order valence-corrected chi connectivity index (χ1v) is 11.8. The topological polar surface area (TPSA) is 83.8 Å². The molecule has 2 bridgehead atoms. The smallest absolute Gasteiger partial charge is 0.253 e. The van der Waals surface area contributed by atoms with Crippen molar-refractivity contribution in [2.24, 2.45) is 0 Å². The fraction of sp³-hybridized carbons (Fsp3) is 0.364. The number of carbonyl (C=O) groups is 1. The average Bonchev–Trinajstić information content (AvgIpc) is 3.34. The van der Waals surface area contributed by atoms with Crippen LogP contribution in [0.25, 0.3) is 5.65 Å². The number of pyridine rings is 1. The Morgan fingerprint density at radius 1 is 1.10 bits per heavy atom. The molecular weight excluding hydrogens is 419 g/mol. The second-order valence-corrected chi connectivity index (χ2v) is 10.1. The molecule has 7 nitrogen and oxygen atoms in total. The van der Waals surface area contributed by atoms with Gasteiger partial charge in [0.2, 0.25) is 10.0 Å².